The molecule has 0 aliphatic carbocycles. The summed E-state index contributed by atoms with van der Waals surface area (Å²) in [6.45, 7) is 1.35. The molecule has 0 aliphatic heterocycles. The van der Waals surface area contributed by atoms with Crippen molar-refractivity contribution in [2.45, 2.75) is 13.0 Å². The summed E-state index contributed by atoms with van der Waals surface area (Å²) >= 11 is 0. The summed E-state index contributed by atoms with van der Waals surface area (Å²) in [5.74, 6) is -1.01. The van der Waals surface area contributed by atoms with E-state index in [0.29, 0.717) is 0 Å². The molecule has 1 atom stereocenters. The third-order valence-electron chi connectivity index (χ3n) is 0.807. The van der Waals surface area contributed by atoms with Crippen LogP contribution in [-0.2, 0) is 9.53 Å². The van der Waals surface area contributed by atoms with Gasteiger partial charge in [-0.1, -0.05) is 0 Å². The SMILES string of the molecule is C[C@H](OCCO)C(=O)O. The lowest BCUT2D eigenvalue weighted by atomic mass is 10.4. The van der Waals surface area contributed by atoms with Gasteiger partial charge >= 0.3 is 5.97 Å². The molecule has 4 nitrogen and oxygen atoms in total. The first-order chi connectivity index (χ1) is 4.18. The molecule has 0 radical (unpaired) electrons. The van der Waals surface area contributed by atoms with Gasteiger partial charge in [0.05, 0.1) is 13.2 Å². The summed E-state index contributed by atoms with van der Waals surface area (Å²) in [6.07, 6.45) is -0.822. The highest BCUT2D eigenvalue weighted by atomic mass is 16.5. The summed E-state index contributed by atoms with van der Waals surface area (Å²) in [7, 11) is 0. The van der Waals surface area contributed by atoms with Crippen LogP contribution in [0.1, 0.15) is 6.92 Å². The van der Waals surface area contributed by atoms with Crippen LogP contribution >= 0.6 is 0 Å². The topological polar surface area (TPSA) is 66.8 Å². The molecule has 0 aromatic rings. The smallest absolute Gasteiger partial charge is 0.332 e. The van der Waals surface area contributed by atoms with E-state index < -0.39 is 12.1 Å². The average molecular weight is 134 g/mol. The van der Waals surface area contributed by atoms with E-state index in [4.69, 9.17) is 10.2 Å². The molecular weight excluding hydrogens is 124 g/mol. The highest BCUT2D eigenvalue weighted by Crippen LogP contribution is 1.87. The van der Waals surface area contributed by atoms with Gasteiger partial charge in [-0.3, -0.25) is 0 Å². The number of hydrogen-bond donors (Lipinski definition) is 2. The van der Waals surface area contributed by atoms with Crippen LogP contribution in [0.4, 0.5) is 0 Å². The van der Waals surface area contributed by atoms with E-state index in [1.807, 2.05) is 0 Å². The van der Waals surface area contributed by atoms with Crippen LogP contribution < -0.4 is 0 Å². The van der Waals surface area contributed by atoms with Crippen molar-refractivity contribution in [3.05, 3.63) is 0 Å². The Morgan fingerprint density at radius 2 is 2.33 bits per heavy atom. The molecule has 0 fully saturated rings. The van der Waals surface area contributed by atoms with Crippen LogP contribution in [0.5, 0.6) is 0 Å². The van der Waals surface area contributed by atoms with Gasteiger partial charge in [-0.25, -0.2) is 4.79 Å². The van der Waals surface area contributed by atoms with Crippen LogP contribution in [-0.4, -0.2) is 35.5 Å². The Balaban J connectivity index is 3.27. The van der Waals surface area contributed by atoms with Gasteiger partial charge in [0.1, 0.15) is 0 Å². The van der Waals surface area contributed by atoms with Gasteiger partial charge in [0.25, 0.3) is 0 Å². The van der Waals surface area contributed by atoms with Gasteiger partial charge in [-0.15, -0.1) is 0 Å². The van der Waals surface area contributed by atoms with Crippen LogP contribution in [0, 0.1) is 0 Å². The minimum absolute atomic E-state index is 0.0769. The molecule has 0 heterocycles. The average Bonchev–Trinajstić information content (AvgIpc) is 1.82. The Morgan fingerprint density at radius 3 is 2.67 bits per heavy atom. The lowest BCUT2D eigenvalue weighted by Gasteiger charge is -2.04. The van der Waals surface area contributed by atoms with E-state index in [1.165, 1.54) is 6.92 Å². The first kappa shape index (κ1) is 8.39. The van der Waals surface area contributed by atoms with Crippen LogP contribution in [0.25, 0.3) is 0 Å². The van der Waals surface area contributed by atoms with Crippen molar-refractivity contribution < 1.29 is 19.7 Å². The summed E-state index contributed by atoms with van der Waals surface area (Å²) in [6, 6.07) is 0. The van der Waals surface area contributed by atoms with Crippen LogP contribution in [0.15, 0.2) is 0 Å². The van der Waals surface area contributed by atoms with Gasteiger partial charge in [0.15, 0.2) is 6.10 Å². The number of aliphatic hydroxyl groups is 1. The quantitative estimate of drug-likeness (QED) is 0.542. The highest BCUT2D eigenvalue weighted by molar-refractivity contribution is 5.71. The molecule has 0 saturated heterocycles. The normalized spacial score (nSPS) is 13.1. The fourth-order valence-corrected chi connectivity index (χ4v) is 0.301. The monoisotopic (exact) mass is 134 g/mol. The second kappa shape index (κ2) is 4.29. The first-order valence-corrected chi connectivity index (χ1v) is 2.63. The van der Waals surface area contributed by atoms with Gasteiger partial charge in [0.2, 0.25) is 0 Å². The number of hydrogen-bond acceptors (Lipinski definition) is 3. The van der Waals surface area contributed by atoms with E-state index in [-0.39, 0.29) is 13.2 Å². The Hall–Kier alpha value is -0.610. The number of carboxylic acid groups (broad SMARTS) is 1. The molecule has 2 N–H and O–H groups in total. The lowest BCUT2D eigenvalue weighted by molar-refractivity contribution is -0.149. The Kier molecular flexibility index (Phi) is 4.00. The maximum Gasteiger partial charge on any atom is 0.332 e. The molecule has 0 spiro atoms. The highest BCUT2D eigenvalue weighted by Gasteiger charge is 2.08. The molecule has 0 unspecified atom stereocenters. The molecule has 0 aromatic carbocycles. The zero-order chi connectivity index (χ0) is 7.28. The zero-order valence-corrected chi connectivity index (χ0v) is 5.20. The maximum absolute atomic E-state index is 10.00. The first-order valence-electron chi connectivity index (χ1n) is 2.63. The molecule has 0 amide bonds. The predicted octanol–water partition coefficient (Wildman–Crippen LogP) is -0.532. The van der Waals surface area contributed by atoms with Crippen molar-refractivity contribution in [2.24, 2.45) is 0 Å². The predicted molar refractivity (Wildman–Crippen MR) is 30.1 cm³/mol. The third kappa shape index (κ3) is 3.93. The van der Waals surface area contributed by atoms with Crippen LogP contribution in [0.2, 0.25) is 0 Å². The number of carboxylic acids is 1. The summed E-state index contributed by atoms with van der Waals surface area (Å²) in [4.78, 5) is 10.00. The number of carbonyl (C=O) groups is 1. The Labute approximate surface area is 53.1 Å². The number of aliphatic hydroxyl groups excluding tert-OH is 1. The van der Waals surface area contributed by atoms with E-state index >= 15 is 0 Å². The van der Waals surface area contributed by atoms with Crippen LogP contribution in [0.3, 0.4) is 0 Å². The van der Waals surface area contributed by atoms with Crippen molar-refractivity contribution in [3.8, 4) is 0 Å². The zero-order valence-electron chi connectivity index (χ0n) is 5.20. The fraction of sp³-hybridized carbons (Fsp3) is 0.800. The van der Waals surface area contributed by atoms with E-state index in [1.54, 1.807) is 0 Å². The summed E-state index contributed by atoms with van der Waals surface area (Å²) < 4.78 is 4.60. The largest absolute Gasteiger partial charge is 0.479 e. The maximum atomic E-state index is 10.00. The minimum atomic E-state index is -1.01. The molecule has 0 bridgehead atoms. The molecule has 0 aromatic heterocycles. The lowest BCUT2D eigenvalue weighted by Crippen LogP contribution is -2.21. The van der Waals surface area contributed by atoms with Gasteiger partial charge < -0.3 is 14.9 Å². The minimum Gasteiger partial charge on any atom is -0.479 e. The van der Waals surface area contributed by atoms with E-state index in [2.05, 4.69) is 4.74 Å². The second-order valence-corrected chi connectivity index (χ2v) is 1.57. The van der Waals surface area contributed by atoms with E-state index in [9.17, 15) is 4.79 Å². The summed E-state index contributed by atoms with van der Waals surface area (Å²) in [5.41, 5.74) is 0. The standard InChI is InChI=1S/C5H10O4/c1-4(5(7)8)9-3-2-6/h4,6H,2-3H2,1H3,(H,7,8)/t4-/m0/s1. The Bertz CT molecular complexity index is 91.0. The van der Waals surface area contributed by atoms with Gasteiger partial charge in [-0.2, -0.15) is 0 Å². The Morgan fingerprint density at radius 1 is 1.78 bits per heavy atom. The summed E-state index contributed by atoms with van der Waals surface area (Å²) in [5, 5.41) is 16.4. The fourth-order valence-electron chi connectivity index (χ4n) is 0.301. The number of rotatable bonds is 4. The van der Waals surface area contributed by atoms with Crippen molar-refractivity contribution in [1.29, 1.82) is 0 Å². The molecule has 0 saturated carbocycles. The third-order valence-corrected chi connectivity index (χ3v) is 0.807. The van der Waals surface area contributed by atoms with Gasteiger partial charge in [0, 0.05) is 0 Å². The van der Waals surface area contributed by atoms with Crippen molar-refractivity contribution in [3.63, 3.8) is 0 Å². The molecule has 4 heteroatoms. The second-order valence-electron chi connectivity index (χ2n) is 1.57. The molecule has 0 aliphatic rings. The molecule has 9 heavy (non-hydrogen) atoms. The molecule has 0 rings (SSSR count). The number of ether oxygens (including phenoxy) is 1. The molecular formula is C5H10O4. The van der Waals surface area contributed by atoms with Gasteiger partial charge in [-0.05, 0) is 6.92 Å². The number of aliphatic carboxylic acids is 1. The van der Waals surface area contributed by atoms with Crippen molar-refractivity contribution in [1.82, 2.24) is 0 Å². The van der Waals surface area contributed by atoms with Crippen molar-refractivity contribution >= 4 is 5.97 Å². The molecule has 54 valence electrons. The van der Waals surface area contributed by atoms with E-state index in [0.717, 1.165) is 0 Å². The van der Waals surface area contributed by atoms with Crippen molar-refractivity contribution in [2.75, 3.05) is 13.2 Å².